The molecule has 0 spiro atoms. The Labute approximate surface area is 139 Å². The average Bonchev–Trinajstić information content (AvgIpc) is 2.51. The number of nitrogens with zero attached hydrogens (tertiary/aromatic N) is 2. The van der Waals surface area contributed by atoms with Gasteiger partial charge in [-0.25, -0.2) is 9.97 Å². The zero-order valence-electron chi connectivity index (χ0n) is 12.2. The monoisotopic (exact) mass is 338 g/mol. The third-order valence-electron chi connectivity index (χ3n) is 3.09. The van der Waals surface area contributed by atoms with Crippen molar-refractivity contribution in [2.45, 2.75) is 26.3 Å². The molecule has 1 aromatic carbocycles. The van der Waals surface area contributed by atoms with E-state index < -0.39 is 0 Å². The maximum Gasteiger partial charge on any atom is 0.271 e. The van der Waals surface area contributed by atoms with E-state index in [0.29, 0.717) is 21.6 Å². The van der Waals surface area contributed by atoms with Gasteiger partial charge in [-0.1, -0.05) is 36.2 Å². The summed E-state index contributed by atoms with van der Waals surface area (Å²) in [5.74, 6) is 0.208. The lowest BCUT2D eigenvalue weighted by molar-refractivity contribution is 0.0934. The lowest BCUT2D eigenvalue weighted by atomic mass is 10.2. The van der Waals surface area contributed by atoms with Crippen molar-refractivity contribution in [1.29, 1.82) is 0 Å². The maximum atomic E-state index is 11.9. The molecule has 0 aliphatic carbocycles. The number of benzene rings is 1. The first-order valence-electron chi connectivity index (χ1n) is 6.85. The van der Waals surface area contributed by atoms with Gasteiger partial charge in [0.25, 0.3) is 5.91 Å². The predicted octanol–water partition coefficient (Wildman–Crippen LogP) is 4.06. The standard InChI is InChI=1S/C15H16Cl2N4O/c1-3-9(2)20-15(22)12-7-19-13(8-18-12)21-14-10(16)5-4-6-11(14)17/h4-9H,3H2,1-2H3,(H,19,21)(H,20,22). The molecule has 0 saturated heterocycles. The van der Waals surface area contributed by atoms with Crippen molar-refractivity contribution in [3.63, 3.8) is 0 Å². The van der Waals surface area contributed by atoms with E-state index in [2.05, 4.69) is 20.6 Å². The average molecular weight is 339 g/mol. The van der Waals surface area contributed by atoms with Crippen LogP contribution in [0.15, 0.2) is 30.6 Å². The molecule has 0 saturated carbocycles. The number of para-hydroxylation sites is 1. The summed E-state index contributed by atoms with van der Waals surface area (Å²) in [6.45, 7) is 3.93. The van der Waals surface area contributed by atoms with Crippen molar-refractivity contribution < 1.29 is 4.79 Å². The summed E-state index contributed by atoms with van der Waals surface area (Å²) < 4.78 is 0. The van der Waals surface area contributed by atoms with E-state index in [4.69, 9.17) is 23.2 Å². The van der Waals surface area contributed by atoms with Crippen LogP contribution in [-0.2, 0) is 0 Å². The highest BCUT2D eigenvalue weighted by Crippen LogP contribution is 2.31. The molecule has 0 radical (unpaired) electrons. The van der Waals surface area contributed by atoms with Gasteiger partial charge in [-0.05, 0) is 25.5 Å². The van der Waals surface area contributed by atoms with Crippen LogP contribution in [-0.4, -0.2) is 21.9 Å². The number of carbonyl (C=O) groups excluding carboxylic acids is 1. The molecule has 1 atom stereocenters. The molecule has 1 unspecified atom stereocenters. The fourth-order valence-electron chi connectivity index (χ4n) is 1.65. The minimum absolute atomic E-state index is 0.0917. The summed E-state index contributed by atoms with van der Waals surface area (Å²) in [6.07, 6.45) is 3.72. The van der Waals surface area contributed by atoms with Gasteiger partial charge < -0.3 is 10.6 Å². The Bertz CT molecular complexity index is 641. The summed E-state index contributed by atoms with van der Waals surface area (Å²) in [7, 11) is 0. The van der Waals surface area contributed by atoms with Crippen LogP contribution >= 0.6 is 23.2 Å². The second kappa shape index (κ2) is 7.42. The predicted molar refractivity (Wildman–Crippen MR) is 89.0 cm³/mol. The Morgan fingerprint density at radius 2 is 1.91 bits per heavy atom. The quantitative estimate of drug-likeness (QED) is 0.862. The Balaban J connectivity index is 2.11. The molecule has 22 heavy (non-hydrogen) atoms. The van der Waals surface area contributed by atoms with Crippen molar-refractivity contribution in [2.75, 3.05) is 5.32 Å². The zero-order chi connectivity index (χ0) is 16.1. The Kier molecular flexibility index (Phi) is 5.57. The first kappa shape index (κ1) is 16.5. The van der Waals surface area contributed by atoms with Gasteiger partial charge in [-0.2, -0.15) is 0 Å². The summed E-state index contributed by atoms with van der Waals surface area (Å²) in [6, 6.07) is 5.28. The van der Waals surface area contributed by atoms with Crippen molar-refractivity contribution in [3.05, 3.63) is 46.3 Å². The van der Waals surface area contributed by atoms with Crippen LogP contribution in [0.1, 0.15) is 30.8 Å². The molecular formula is C15H16Cl2N4O. The van der Waals surface area contributed by atoms with Crippen LogP contribution in [0.4, 0.5) is 11.5 Å². The molecule has 5 nitrogen and oxygen atoms in total. The van der Waals surface area contributed by atoms with Crippen molar-refractivity contribution >= 4 is 40.6 Å². The Morgan fingerprint density at radius 1 is 1.23 bits per heavy atom. The molecule has 0 aliphatic rings. The fourth-order valence-corrected chi connectivity index (χ4v) is 2.15. The van der Waals surface area contributed by atoms with E-state index in [1.165, 1.54) is 12.4 Å². The Morgan fingerprint density at radius 3 is 2.45 bits per heavy atom. The number of aromatic nitrogens is 2. The van der Waals surface area contributed by atoms with Crippen LogP contribution in [0.5, 0.6) is 0 Å². The number of amides is 1. The Hall–Kier alpha value is -1.85. The minimum atomic E-state index is -0.246. The molecule has 1 heterocycles. The van der Waals surface area contributed by atoms with E-state index in [-0.39, 0.29) is 17.6 Å². The van der Waals surface area contributed by atoms with Gasteiger partial charge in [0.15, 0.2) is 0 Å². The zero-order valence-corrected chi connectivity index (χ0v) is 13.7. The second-order valence-electron chi connectivity index (χ2n) is 4.79. The fraction of sp³-hybridized carbons (Fsp3) is 0.267. The largest absolute Gasteiger partial charge is 0.348 e. The van der Waals surface area contributed by atoms with Gasteiger partial charge in [-0.3, -0.25) is 4.79 Å². The molecule has 2 rings (SSSR count). The molecule has 2 aromatic rings. The summed E-state index contributed by atoms with van der Waals surface area (Å²) in [5.41, 5.74) is 0.813. The van der Waals surface area contributed by atoms with Crippen LogP contribution in [0, 0.1) is 0 Å². The van der Waals surface area contributed by atoms with Gasteiger partial charge >= 0.3 is 0 Å². The molecule has 0 fully saturated rings. The highest BCUT2D eigenvalue weighted by atomic mass is 35.5. The number of nitrogens with one attached hydrogen (secondary N) is 2. The molecule has 7 heteroatoms. The van der Waals surface area contributed by atoms with E-state index in [9.17, 15) is 4.79 Å². The summed E-state index contributed by atoms with van der Waals surface area (Å²) in [4.78, 5) is 20.2. The number of hydrogen-bond donors (Lipinski definition) is 2. The topological polar surface area (TPSA) is 66.9 Å². The number of rotatable bonds is 5. The van der Waals surface area contributed by atoms with Crippen LogP contribution < -0.4 is 10.6 Å². The van der Waals surface area contributed by atoms with Crippen LogP contribution in [0.25, 0.3) is 0 Å². The maximum absolute atomic E-state index is 11.9. The summed E-state index contributed by atoms with van der Waals surface area (Å²) in [5, 5.41) is 6.78. The van der Waals surface area contributed by atoms with Crippen molar-refractivity contribution in [2.24, 2.45) is 0 Å². The highest BCUT2D eigenvalue weighted by Gasteiger charge is 2.11. The van der Waals surface area contributed by atoms with Crippen LogP contribution in [0.3, 0.4) is 0 Å². The molecule has 1 aromatic heterocycles. The SMILES string of the molecule is CCC(C)NC(=O)c1cnc(Nc2c(Cl)cccc2Cl)cn1. The number of halogens is 2. The molecule has 2 N–H and O–H groups in total. The minimum Gasteiger partial charge on any atom is -0.348 e. The summed E-state index contributed by atoms with van der Waals surface area (Å²) >= 11 is 12.2. The third-order valence-corrected chi connectivity index (χ3v) is 3.72. The van der Waals surface area contributed by atoms with Gasteiger partial charge in [0.1, 0.15) is 11.5 Å². The van der Waals surface area contributed by atoms with Crippen LogP contribution in [0.2, 0.25) is 10.0 Å². The van der Waals surface area contributed by atoms with Gasteiger partial charge in [-0.15, -0.1) is 0 Å². The van der Waals surface area contributed by atoms with E-state index in [0.717, 1.165) is 6.42 Å². The number of anilines is 2. The van der Waals surface area contributed by atoms with Gasteiger partial charge in [0.2, 0.25) is 0 Å². The van der Waals surface area contributed by atoms with Gasteiger partial charge in [0.05, 0.1) is 28.1 Å². The lowest BCUT2D eigenvalue weighted by Crippen LogP contribution is -2.32. The highest BCUT2D eigenvalue weighted by molar-refractivity contribution is 6.39. The third kappa shape index (κ3) is 4.08. The van der Waals surface area contributed by atoms with E-state index in [1.54, 1.807) is 18.2 Å². The number of carbonyl (C=O) groups is 1. The molecular weight excluding hydrogens is 323 g/mol. The smallest absolute Gasteiger partial charge is 0.271 e. The first-order valence-corrected chi connectivity index (χ1v) is 7.60. The normalized spacial score (nSPS) is 11.8. The lowest BCUT2D eigenvalue weighted by Gasteiger charge is -2.11. The van der Waals surface area contributed by atoms with E-state index >= 15 is 0 Å². The number of hydrogen-bond acceptors (Lipinski definition) is 4. The molecule has 116 valence electrons. The van der Waals surface area contributed by atoms with E-state index in [1.807, 2.05) is 13.8 Å². The molecule has 0 bridgehead atoms. The van der Waals surface area contributed by atoms with Gasteiger partial charge in [0, 0.05) is 6.04 Å². The first-order chi connectivity index (χ1) is 10.5. The molecule has 0 aliphatic heterocycles. The van der Waals surface area contributed by atoms with Crippen molar-refractivity contribution in [3.8, 4) is 0 Å². The molecule has 1 amide bonds. The van der Waals surface area contributed by atoms with Crippen molar-refractivity contribution in [1.82, 2.24) is 15.3 Å². The second-order valence-corrected chi connectivity index (χ2v) is 5.61.